The molecule has 3 rings (SSSR count). The first-order chi connectivity index (χ1) is 14.1. The topological polar surface area (TPSA) is 63.2 Å². The highest BCUT2D eigenvalue weighted by Crippen LogP contribution is 2.27. The second kappa shape index (κ2) is 9.73. The number of nitrogens with zero attached hydrogens (tertiary/aromatic N) is 1. The Balaban J connectivity index is 1.64. The summed E-state index contributed by atoms with van der Waals surface area (Å²) in [6, 6.07) is 19.6. The zero-order chi connectivity index (χ0) is 20.6. The Morgan fingerprint density at radius 3 is 2.62 bits per heavy atom. The van der Waals surface area contributed by atoms with Crippen LogP contribution in [0.1, 0.15) is 41.4 Å². The molecule has 0 radical (unpaired) electrons. The normalized spacial score (nSPS) is 10.6. The lowest BCUT2D eigenvalue weighted by Crippen LogP contribution is -2.26. The Morgan fingerprint density at radius 2 is 1.83 bits per heavy atom. The van der Waals surface area contributed by atoms with Gasteiger partial charge in [0.15, 0.2) is 0 Å². The zero-order valence-electron chi connectivity index (χ0n) is 17.1. The summed E-state index contributed by atoms with van der Waals surface area (Å²) < 4.78 is 5.35. The van der Waals surface area contributed by atoms with Gasteiger partial charge in [-0.25, -0.2) is 0 Å². The monoisotopic (exact) mass is 389 g/mol. The number of amides is 1. The van der Waals surface area contributed by atoms with Crippen LogP contribution in [0.5, 0.6) is 5.75 Å². The van der Waals surface area contributed by atoms with E-state index < -0.39 is 0 Å². The Labute approximate surface area is 172 Å². The summed E-state index contributed by atoms with van der Waals surface area (Å²) in [5.74, 6) is 1.04. The molecule has 1 amide bonds. The van der Waals surface area contributed by atoms with Crippen LogP contribution in [0.25, 0.3) is 0 Å². The van der Waals surface area contributed by atoms with Crippen LogP contribution in [-0.4, -0.2) is 24.5 Å². The lowest BCUT2D eigenvalue weighted by Gasteiger charge is -2.15. The molecule has 29 heavy (non-hydrogen) atoms. The third-order valence-corrected chi connectivity index (χ3v) is 4.73. The molecule has 0 aliphatic rings. The van der Waals surface area contributed by atoms with Crippen LogP contribution >= 0.6 is 0 Å². The van der Waals surface area contributed by atoms with Crippen molar-refractivity contribution in [2.75, 3.05) is 19.0 Å². The summed E-state index contributed by atoms with van der Waals surface area (Å²) >= 11 is 0. The van der Waals surface area contributed by atoms with Gasteiger partial charge in [-0.05, 0) is 47.7 Å². The molecule has 1 aromatic heterocycles. The van der Waals surface area contributed by atoms with E-state index in [1.54, 1.807) is 19.4 Å². The van der Waals surface area contributed by atoms with Crippen LogP contribution in [0.15, 0.2) is 66.9 Å². The number of hydrogen-bond acceptors (Lipinski definition) is 4. The van der Waals surface area contributed by atoms with E-state index in [0.717, 1.165) is 22.7 Å². The number of hydrogen-bond donors (Lipinski definition) is 2. The van der Waals surface area contributed by atoms with Crippen molar-refractivity contribution in [3.05, 3.63) is 83.7 Å². The number of para-hydroxylation sites is 2. The largest absolute Gasteiger partial charge is 0.496 e. The highest BCUT2D eigenvalue weighted by atomic mass is 16.5. The zero-order valence-corrected chi connectivity index (χ0v) is 17.1. The number of rotatable bonds is 8. The summed E-state index contributed by atoms with van der Waals surface area (Å²) in [7, 11) is 1.65. The molecule has 0 atom stereocenters. The summed E-state index contributed by atoms with van der Waals surface area (Å²) in [6.45, 7) is 4.83. The van der Waals surface area contributed by atoms with Crippen molar-refractivity contribution in [3.8, 4) is 5.75 Å². The van der Waals surface area contributed by atoms with Crippen molar-refractivity contribution >= 4 is 17.3 Å². The third kappa shape index (κ3) is 5.35. The standard InChI is InChI=1S/C24H27N3O2/c1-17(2)20-9-5-6-10-21(20)27-19-13-15-25-22(16-19)24(28)26-14-12-18-8-4-7-11-23(18)29-3/h4-11,13,15-17H,12,14H2,1-3H3,(H,25,27)(H,26,28). The Kier molecular flexibility index (Phi) is 6.85. The van der Waals surface area contributed by atoms with Crippen LogP contribution in [-0.2, 0) is 6.42 Å². The lowest BCUT2D eigenvalue weighted by atomic mass is 10.0. The molecule has 0 saturated heterocycles. The molecule has 1 heterocycles. The average molecular weight is 389 g/mol. The smallest absolute Gasteiger partial charge is 0.269 e. The molecule has 5 heteroatoms. The summed E-state index contributed by atoms with van der Waals surface area (Å²) in [5, 5.41) is 6.34. The number of ether oxygens (including phenoxy) is 1. The van der Waals surface area contributed by atoms with Gasteiger partial charge in [-0.3, -0.25) is 9.78 Å². The number of carbonyl (C=O) groups excluding carboxylic acids is 1. The first kappa shape index (κ1) is 20.4. The van der Waals surface area contributed by atoms with Gasteiger partial charge in [-0.1, -0.05) is 50.2 Å². The molecule has 2 N–H and O–H groups in total. The maximum Gasteiger partial charge on any atom is 0.269 e. The van der Waals surface area contributed by atoms with E-state index in [9.17, 15) is 4.79 Å². The van der Waals surface area contributed by atoms with Crippen LogP contribution in [0.3, 0.4) is 0 Å². The molecule has 3 aromatic rings. The van der Waals surface area contributed by atoms with E-state index >= 15 is 0 Å². The van der Waals surface area contributed by atoms with Crippen molar-refractivity contribution in [1.82, 2.24) is 10.3 Å². The maximum atomic E-state index is 12.5. The predicted octanol–water partition coefficient (Wildman–Crippen LogP) is 4.93. The second-order valence-corrected chi connectivity index (χ2v) is 7.11. The average Bonchev–Trinajstić information content (AvgIpc) is 2.74. The summed E-state index contributed by atoms with van der Waals surface area (Å²) in [6.07, 6.45) is 2.34. The molecule has 0 aliphatic heterocycles. The summed E-state index contributed by atoms with van der Waals surface area (Å²) in [4.78, 5) is 16.8. The molecular formula is C24H27N3O2. The first-order valence-corrected chi connectivity index (χ1v) is 9.80. The van der Waals surface area contributed by atoms with Gasteiger partial charge in [0.25, 0.3) is 5.91 Å². The Hall–Kier alpha value is -3.34. The van der Waals surface area contributed by atoms with Crippen LogP contribution < -0.4 is 15.4 Å². The molecule has 0 aliphatic carbocycles. The second-order valence-electron chi connectivity index (χ2n) is 7.11. The number of nitrogens with one attached hydrogen (secondary N) is 2. The molecule has 150 valence electrons. The number of carbonyl (C=O) groups is 1. The quantitative estimate of drug-likeness (QED) is 0.573. The number of benzene rings is 2. The van der Waals surface area contributed by atoms with E-state index in [4.69, 9.17) is 4.74 Å². The fraction of sp³-hybridized carbons (Fsp3) is 0.250. The summed E-state index contributed by atoms with van der Waals surface area (Å²) in [5.41, 5.74) is 4.55. The molecule has 0 saturated carbocycles. The van der Waals surface area contributed by atoms with E-state index in [1.165, 1.54) is 5.56 Å². The van der Waals surface area contributed by atoms with Crippen molar-refractivity contribution < 1.29 is 9.53 Å². The van der Waals surface area contributed by atoms with Gasteiger partial charge < -0.3 is 15.4 Å². The van der Waals surface area contributed by atoms with Gasteiger partial charge in [0.05, 0.1) is 7.11 Å². The van der Waals surface area contributed by atoms with Gasteiger partial charge in [-0.2, -0.15) is 0 Å². The van der Waals surface area contributed by atoms with Gasteiger partial charge >= 0.3 is 0 Å². The lowest BCUT2D eigenvalue weighted by molar-refractivity contribution is 0.0949. The van der Waals surface area contributed by atoms with Crippen LogP contribution in [0.2, 0.25) is 0 Å². The minimum atomic E-state index is -0.194. The minimum Gasteiger partial charge on any atom is -0.496 e. The number of pyridine rings is 1. The highest BCUT2D eigenvalue weighted by Gasteiger charge is 2.10. The predicted molar refractivity (Wildman–Crippen MR) is 117 cm³/mol. The fourth-order valence-corrected chi connectivity index (χ4v) is 3.21. The van der Waals surface area contributed by atoms with Gasteiger partial charge in [0, 0.05) is 24.1 Å². The maximum absolute atomic E-state index is 12.5. The number of anilines is 2. The first-order valence-electron chi connectivity index (χ1n) is 9.80. The minimum absolute atomic E-state index is 0.194. The van der Waals surface area contributed by atoms with E-state index in [2.05, 4.69) is 35.5 Å². The van der Waals surface area contributed by atoms with Gasteiger partial charge in [0.2, 0.25) is 0 Å². The highest BCUT2D eigenvalue weighted by molar-refractivity contribution is 5.93. The Bertz CT molecular complexity index is 970. The molecular weight excluding hydrogens is 362 g/mol. The van der Waals surface area contributed by atoms with Crippen molar-refractivity contribution in [3.63, 3.8) is 0 Å². The number of methoxy groups -OCH3 is 1. The molecule has 0 unspecified atom stereocenters. The van der Waals surface area contributed by atoms with Crippen molar-refractivity contribution in [2.24, 2.45) is 0 Å². The Morgan fingerprint density at radius 1 is 1.07 bits per heavy atom. The molecule has 0 spiro atoms. The van der Waals surface area contributed by atoms with E-state index in [0.29, 0.717) is 24.6 Å². The molecule has 0 bridgehead atoms. The molecule has 2 aromatic carbocycles. The van der Waals surface area contributed by atoms with Crippen molar-refractivity contribution in [1.29, 1.82) is 0 Å². The van der Waals surface area contributed by atoms with E-state index in [-0.39, 0.29) is 5.91 Å². The van der Waals surface area contributed by atoms with Gasteiger partial charge in [0.1, 0.15) is 11.4 Å². The van der Waals surface area contributed by atoms with Crippen LogP contribution in [0.4, 0.5) is 11.4 Å². The third-order valence-electron chi connectivity index (χ3n) is 4.73. The molecule has 5 nitrogen and oxygen atoms in total. The number of aromatic nitrogens is 1. The molecule has 0 fully saturated rings. The van der Waals surface area contributed by atoms with Crippen LogP contribution in [0, 0.1) is 0 Å². The van der Waals surface area contributed by atoms with Crippen molar-refractivity contribution in [2.45, 2.75) is 26.2 Å². The van der Waals surface area contributed by atoms with E-state index in [1.807, 2.05) is 48.5 Å². The van der Waals surface area contributed by atoms with Gasteiger partial charge in [-0.15, -0.1) is 0 Å². The SMILES string of the molecule is COc1ccccc1CCNC(=O)c1cc(Nc2ccccc2C(C)C)ccn1. The fourth-order valence-electron chi connectivity index (χ4n) is 3.21.